The Balaban J connectivity index is 1.93. The maximum Gasteiger partial charge on any atom is 0.0612 e. The highest BCUT2D eigenvalue weighted by Crippen LogP contribution is 2.23. The zero-order valence-corrected chi connectivity index (χ0v) is 12.6. The zero-order valence-electron chi connectivity index (χ0n) is 12.6. The van der Waals surface area contributed by atoms with E-state index in [9.17, 15) is 0 Å². The molecule has 1 aromatic carbocycles. The summed E-state index contributed by atoms with van der Waals surface area (Å²) in [5.74, 6) is 0.610. The van der Waals surface area contributed by atoms with Gasteiger partial charge < -0.3 is 10.1 Å². The average Bonchev–Trinajstić information content (AvgIpc) is 2.39. The number of hydrogen-bond acceptors (Lipinski definition) is 2. The van der Waals surface area contributed by atoms with Crippen LogP contribution >= 0.6 is 0 Å². The van der Waals surface area contributed by atoms with Gasteiger partial charge in [0.1, 0.15) is 0 Å². The lowest BCUT2D eigenvalue weighted by atomic mass is 9.94. The lowest BCUT2D eigenvalue weighted by Crippen LogP contribution is -2.41. The molecule has 106 valence electrons. The van der Waals surface area contributed by atoms with Gasteiger partial charge in [-0.3, -0.25) is 0 Å². The molecule has 0 amide bonds. The molecule has 1 aromatic rings. The Kier molecular flexibility index (Phi) is 5.00. The maximum absolute atomic E-state index is 5.84. The van der Waals surface area contributed by atoms with Crippen LogP contribution in [0.4, 0.5) is 0 Å². The number of ether oxygens (including phenoxy) is 1. The number of rotatable bonds is 4. The molecule has 1 heterocycles. The van der Waals surface area contributed by atoms with Crippen LogP contribution in [0.1, 0.15) is 50.8 Å². The van der Waals surface area contributed by atoms with Gasteiger partial charge in [0.15, 0.2) is 0 Å². The Bertz CT molecular complexity index is 402. The third kappa shape index (κ3) is 4.05. The van der Waals surface area contributed by atoms with Crippen molar-refractivity contribution in [3.05, 3.63) is 35.4 Å². The summed E-state index contributed by atoms with van der Waals surface area (Å²) >= 11 is 0. The third-order valence-electron chi connectivity index (χ3n) is 4.09. The van der Waals surface area contributed by atoms with Crippen molar-refractivity contribution in [3.8, 4) is 0 Å². The molecule has 0 bridgehead atoms. The average molecular weight is 261 g/mol. The van der Waals surface area contributed by atoms with E-state index in [2.05, 4.69) is 57.3 Å². The molecule has 0 aliphatic carbocycles. The van der Waals surface area contributed by atoms with E-state index in [1.54, 1.807) is 0 Å². The fourth-order valence-corrected chi connectivity index (χ4v) is 2.83. The first-order valence-corrected chi connectivity index (χ1v) is 7.50. The molecule has 1 aliphatic rings. The summed E-state index contributed by atoms with van der Waals surface area (Å²) in [6.45, 7) is 9.79. The van der Waals surface area contributed by atoms with Crippen molar-refractivity contribution in [3.63, 3.8) is 0 Å². The molecule has 0 radical (unpaired) electrons. The molecule has 2 nitrogen and oxygen atoms in total. The summed E-state index contributed by atoms with van der Waals surface area (Å²) in [6.07, 6.45) is 2.67. The second kappa shape index (κ2) is 6.53. The zero-order chi connectivity index (χ0) is 13.8. The van der Waals surface area contributed by atoms with E-state index in [1.807, 2.05) is 0 Å². The van der Waals surface area contributed by atoms with Crippen molar-refractivity contribution < 1.29 is 4.74 Å². The van der Waals surface area contributed by atoms with Crippen LogP contribution in [0, 0.1) is 12.8 Å². The highest BCUT2D eigenvalue weighted by Gasteiger charge is 2.25. The Morgan fingerprint density at radius 3 is 2.74 bits per heavy atom. The van der Waals surface area contributed by atoms with E-state index < -0.39 is 0 Å². The molecular weight excluding hydrogens is 234 g/mol. The fourth-order valence-electron chi connectivity index (χ4n) is 2.83. The highest BCUT2D eigenvalue weighted by atomic mass is 16.5. The first-order valence-electron chi connectivity index (χ1n) is 7.50. The van der Waals surface area contributed by atoms with Crippen LogP contribution in [-0.4, -0.2) is 18.8 Å². The van der Waals surface area contributed by atoms with Gasteiger partial charge in [-0.1, -0.05) is 43.7 Å². The van der Waals surface area contributed by atoms with E-state index in [0.29, 0.717) is 24.1 Å². The van der Waals surface area contributed by atoms with Gasteiger partial charge in [0, 0.05) is 18.7 Å². The number of hydrogen-bond donors (Lipinski definition) is 1. The molecule has 1 aliphatic heterocycles. The van der Waals surface area contributed by atoms with Gasteiger partial charge in [-0.05, 0) is 38.2 Å². The van der Waals surface area contributed by atoms with Crippen molar-refractivity contribution in [2.24, 2.45) is 5.92 Å². The molecule has 1 saturated heterocycles. The van der Waals surface area contributed by atoms with Crippen LogP contribution in [0.3, 0.4) is 0 Å². The van der Waals surface area contributed by atoms with Crippen molar-refractivity contribution >= 4 is 0 Å². The highest BCUT2D eigenvalue weighted by molar-refractivity contribution is 5.24. The van der Waals surface area contributed by atoms with Gasteiger partial charge in [-0.25, -0.2) is 0 Å². The molecular formula is C17H27NO. The van der Waals surface area contributed by atoms with E-state index in [-0.39, 0.29) is 0 Å². The van der Waals surface area contributed by atoms with Crippen LogP contribution in [0.15, 0.2) is 24.3 Å². The first-order chi connectivity index (χ1) is 9.06. The van der Waals surface area contributed by atoms with Crippen molar-refractivity contribution in [1.82, 2.24) is 5.32 Å². The van der Waals surface area contributed by atoms with Gasteiger partial charge in [0.05, 0.1) is 6.10 Å². The molecule has 2 rings (SSSR count). The van der Waals surface area contributed by atoms with Crippen LogP contribution < -0.4 is 5.32 Å². The second-order valence-corrected chi connectivity index (χ2v) is 6.18. The lowest BCUT2D eigenvalue weighted by molar-refractivity contribution is -0.0257. The molecule has 0 spiro atoms. The largest absolute Gasteiger partial charge is 0.378 e. The molecule has 3 atom stereocenters. The topological polar surface area (TPSA) is 21.3 Å². The SMILES string of the molecule is Cc1cccc([C@@H](C)NC2CCOC(C(C)C)C2)c1. The predicted molar refractivity (Wildman–Crippen MR) is 80.3 cm³/mol. The summed E-state index contributed by atoms with van der Waals surface area (Å²) in [6, 6.07) is 9.77. The number of benzene rings is 1. The second-order valence-electron chi connectivity index (χ2n) is 6.18. The van der Waals surface area contributed by atoms with Gasteiger partial charge in [-0.2, -0.15) is 0 Å². The van der Waals surface area contributed by atoms with E-state index in [0.717, 1.165) is 19.4 Å². The summed E-state index contributed by atoms with van der Waals surface area (Å²) in [7, 11) is 0. The summed E-state index contributed by atoms with van der Waals surface area (Å²) in [4.78, 5) is 0. The minimum atomic E-state index is 0.413. The molecule has 1 N–H and O–H groups in total. The van der Waals surface area contributed by atoms with Crippen LogP contribution in [-0.2, 0) is 4.74 Å². The third-order valence-corrected chi connectivity index (χ3v) is 4.09. The minimum absolute atomic E-state index is 0.413. The van der Waals surface area contributed by atoms with Gasteiger partial charge in [0.25, 0.3) is 0 Å². The van der Waals surface area contributed by atoms with Gasteiger partial charge in [0.2, 0.25) is 0 Å². The standard InChI is InChI=1S/C17H27NO/c1-12(2)17-11-16(8-9-19-17)18-14(4)15-7-5-6-13(3)10-15/h5-7,10,12,14,16-18H,8-9,11H2,1-4H3/t14-,16?,17?/m1/s1. The Morgan fingerprint density at radius 2 is 2.05 bits per heavy atom. The minimum Gasteiger partial charge on any atom is -0.378 e. The molecule has 0 saturated carbocycles. The molecule has 2 heteroatoms. The summed E-state index contributed by atoms with van der Waals surface area (Å²) < 4.78 is 5.84. The van der Waals surface area contributed by atoms with Crippen molar-refractivity contribution in [2.75, 3.05) is 6.61 Å². The first kappa shape index (κ1) is 14.5. The predicted octanol–water partition coefficient (Wildman–Crippen LogP) is 3.85. The van der Waals surface area contributed by atoms with E-state index >= 15 is 0 Å². The van der Waals surface area contributed by atoms with Crippen molar-refractivity contribution in [1.29, 1.82) is 0 Å². The Morgan fingerprint density at radius 1 is 1.26 bits per heavy atom. The van der Waals surface area contributed by atoms with Crippen molar-refractivity contribution in [2.45, 2.75) is 58.7 Å². The summed E-state index contributed by atoms with van der Waals surface area (Å²) in [5.41, 5.74) is 2.71. The van der Waals surface area contributed by atoms with E-state index in [1.165, 1.54) is 11.1 Å². The fraction of sp³-hybridized carbons (Fsp3) is 0.647. The quantitative estimate of drug-likeness (QED) is 0.889. The van der Waals surface area contributed by atoms with Crippen LogP contribution in [0.2, 0.25) is 0 Å². The van der Waals surface area contributed by atoms with Crippen LogP contribution in [0.25, 0.3) is 0 Å². The number of nitrogens with one attached hydrogen (secondary N) is 1. The monoisotopic (exact) mass is 261 g/mol. The molecule has 1 fully saturated rings. The molecule has 19 heavy (non-hydrogen) atoms. The van der Waals surface area contributed by atoms with Gasteiger partial charge >= 0.3 is 0 Å². The Hall–Kier alpha value is -0.860. The normalized spacial score (nSPS) is 25.5. The van der Waals surface area contributed by atoms with E-state index in [4.69, 9.17) is 4.74 Å². The van der Waals surface area contributed by atoms with Crippen LogP contribution in [0.5, 0.6) is 0 Å². The number of aryl methyl sites for hydroxylation is 1. The van der Waals surface area contributed by atoms with Gasteiger partial charge in [-0.15, -0.1) is 0 Å². The smallest absolute Gasteiger partial charge is 0.0612 e. The molecule has 2 unspecified atom stereocenters. The lowest BCUT2D eigenvalue weighted by Gasteiger charge is -2.34. The Labute approximate surface area is 117 Å². The molecule has 0 aromatic heterocycles. The maximum atomic E-state index is 5.84. The summed E-state index contributed by atoms with van der Waals surface area (Å²) in [5, 5.41) is 3.77.